The molecule has 0 spiro atoms. The second-order valence-electron chi connectivity index (χ2n) is 12.0. The minimum atomic E-state index is -0.757. The minimum absolute atomic E-state index is 0.104. The van der Waals surface area contributed by atoms with Gasteiger partial charge >= 0.3 is 24.1 Å². The fourth-order valence-electron chi connectivity index (χ4n) is 5.77. The second kappa shape index (κ2) is 19.2. The van der Waals surface area contributed by atoms with Gasteiger partial charge in [0.15, 0.2) is 0 Å². The van der Waals surface area contributed by atoms with Gasteiger partial charge in [-0.25, -0.2) is 19.2 Å². The van der Waals surface area contributed by atoms with Crippen LogP contribution in [0.3, 0.4) is 0 Å². The lowest BCUT2D eigenvalue weighted by atomic mass is 9.98. The third kappa shape index (κ3) is 13.3. The number of alkyl carbamates (subject to hydrolysis) is 2. The van der Waals surface area contributed by atoms with E-state index in [9.17, 15) is 19.2 Å². The standard InChI is InChI=1S/C36H46N2O8/c39-33(43-25-29(23-27-13-5-1-6-14-27)37-35(41)45-31-17-9-3-10-18-31)21-22-34(40)44-26-30(24-28-15-7-2-8-16-28)38-36(42)46-32-19-11-4-12-20-32/h1-2,5-8,13-16,21-22,29-32H,3-4,9-12,17-20,23-26H2,(H,37,41)(H,38,42)/b22-21+/t29-,30-/m0/s1. The normalized spacial score (nSPS) is 17.0. The van der Waals surface area contributed by atoms with Crippen molar-refractivity contribution in [2.75, 3.05) is 13.2 Å². The highest BCUT2D eigenvalue weighted by molar-refractivity contribution is 5.91. The topological polar surface area (TPSA) is 129 Å². The number of ether oxygens (including phenoxy) is 4. The molecule has 0 aromatic heterocycles. The predicted octanol–water partition coefficient (Wildman–Crippen LogP) is 5.97. The summed E-state index contributed by atoms with van der Waals surface area (Å²) in [6.45, 7) is -0.224. The molecule has 10 heteroatoms. The van der Waals surface area contributed by atoms with Crippen LogP contribution in [0, 0.1) is 0 Å². The van der Waals surface area contributed by atoms with E-state index in [0.29, 0.717) is 12.8 Å². The largest absolute Gasteiger partial charge is 0.460 e. The molecule has 2 atom stereocenters. The highest BCUT2D eigenvalue weighted by atomic mass is 16.6. The Morgan fingerprint density at radius 3 is 1.33 bits per heavy atom. The summed E-state index contributed by atoms with van der Waals surface area (Å²) in [5, 5.41) is 5.66. The Kier molecular flexibility index (Phi) is 14.4. The van der Waals surface area contributed by atoms with Gasteiger partial charge in [-0.05, 0) is 75.3 Å². The molecule has 2 aromatic carbocycles. The van der Waals surface area contributed by atoms with Crippen molar-refractivity contribution in [3.05, 3.63) is 83.9 Å². The lowest BCUT2D eigenvalue weighted by molar-refractivity contribution is -0.141. The summed E-state index contributed by atoms with van der Waals surface area (Å²) in [5.41, 5.74) is 1.92. The zero-order valence-electron chi connectivity index (χ0n) is 26.4. The Morgan fingerprint density at radius 2 is 0.957 bits per heavy atom. The first-order chi connectivity index (χ1) is 22.4. The molecular formula is C36H46N2O8. The van der Waals surface area contributed by atoms with Crippen molar-refractivity contribution < 1.29 is 38.1 Å². The summed E-state index contributed by atoms with van der Waals surface area (Å²) in [7, 11) is 0. The van der Waals surface area contributed by atoms with Gasteiger partial charge in [0.25, 0.3) is 0 Å². The molecule has 2 aliphatic carbocycles. The number of esters is 2. The van der Waals surface area contributed by atoms with Gasteiger partial charge in [-0.2, -0.15) is 0 Å². The molecule has 2 fully saturated rings. The van der Waals surface area contributed by atoms with Crippen LogP contribution in [0.2, 0.25) is 0 Å². The van der Waals surface area contributed by atoms with Crippen molar-refractivity contribution in [3.63, 3.8) is 0 Å². The van der Waals surface area contributed by atoms with E-state index in [2.05, 4.69) is 10.6 Å². The third-order valence-corrected chi connectivity index (χ3v) is 8.15. The van der Waals surface area contributed by atoms with E-state index in [-0.39, 0.29) is 25.4 Å². The predicted molar refractivity (Wildman–Crippen MR) is 172 cm³/mol. The number of amides is 2. The summed E-state index contributed by atoms with van der Waals surface area (Å²) < 4.78 is 21.9. The van der Waals surface area contributed by atoms with E-state index in [0.717, 1.165) is 87.5 Å². The summed E-state index contributed by atoms with van der Waals surface area (Å²) in [5.74, 6) is -1.51. The number of hydrogen-bond donors (Lipinski definition) is 2. The lowest BCUT2D eigenvalue weighted by Crippen LogP contribution is -2.42. The average Bonchev–Trinajstić information content (AvgIpc) is 3.07. The Bertz CT molecular complexity index is 1160. The van der Waals surface area contributed by atoms with Crippen LogP contribution in [0.1, 0.15) is 75.3 Å². The van der Waals surface area contributed by atoms with Crippen molar-refractivity contribution in [3.8, 4) is 0 Å². The van der Waals surface area contributed by atoms with Gasteiger partial charge in [0, 0.05) is 12.2 Å². The summed E-state index contributed by atoms with van der Waals surface area (Å²) in [6, 6.07) is 18.0. The van der Waals surface area contributed by atoms with Crippen LogP contribution >= 0.6 is 0 Å². The monoisotopic (exact) mass is 634 g/mol. The van der Waals surface area contributed by atoms with Gasteiger partial charge in [0.1, 0.15) is 25.4 Å². The smallest absolute Gasteiger partial charge is 0.407 e. The lowest BCUT2D eigenvalue weighted by Gasteiger charge is -2.24. The first-order valence-electron chi connectivity index (χ1n) is 16.5. The highest BCUT2D eigenvalue weighted by Gasteiger charge is 2.23. The number of carbonyl (C=O) groups is 4. The average molecular weight is 635 g/mol. The van der Waals surface area contributed by atoms with Crippen molar-refractivity contribution in [1.29, 1.82) is 0 Å². The van der Waals surface area contributed by atoms with E-state index >= 15 is 0 Å². The second-order valence-corrected chi connectivity index (χ2v) is 12.0. The third-order valence-electron chi connectivity index (χ3n) is 8.15. The number of carbonyl (C=O) groups excluding carboxylic acids is 4. The maximum absolute atomic E-state index is 12.6. The van der Waals surface area contributed by atoms with Crippen LogP contribution in [-0.2, 0) is 41.4 Å². The molecule has 2 amide bonds. The molecule has 0 unspecified atom stereocenters. The molecule has 2 N–H and O–H groups in total. The molecule has 0 radical (unpaired) electrons. The summed E-state index contributed by atoms with van der Waals surface area (Å²) >= 11 is 0. The molecule has 0 bridgehead atoms. The zero-order chi connectivity index (χ0) is 32.4. The quantitative estimate of drug-likeness (QED) is 0.148. The molecule has 2 aromatic rings. The van der Waals surface area contributed by atoms with Crippen LogP contribution in [0.5, 0.6) is 0 Å². The molecule has 0 aliphatic heterocycles. The van der Waals surface area contributed by atoms with E-state index in [1.165, 1.54) is 0 Å². The van der Waals surface area contributed by atoms with Gasteiger partial charge in [0.05, 0.1) is 12.1 Å². The molecule has 0 saturated heterocycles. The van der Waals surface area contributed by atoms with E-state index in [4.69, 9.17) is 18.9 Å². The molecule has 248 valence electrons. The fourth-order valence-corrected chi connectivity index (χ4v) is 5.77. The Labute approximate surface area is 271 Å². The molecule has 2 aliphatic rings. The molecule has 0 heterocycles. The SMILES string of the molecule is O=C(/C=C/C(=O)OC[C@H](Cc1ccccc1)NC(=O)OC1CCCCC1)OC[C@H](Cc1ccccc1)NC(=O)OC1CCCCC1. The first-order valence-corrected chi connectivity index (χ1v) is 16.5. The Hall–Kier alpha value is -4.34. The van der Waals surface area contributed by atoms with E-state index in [1.807, 2.05) is 60.7 Å². The van der Waals surface area contributed by atoms with Gasteiger partial charge < -0.3 is 29.6 Å². The van der Waals surface area contributed by atoms with Crippen LogP contribution in [0.15, 0.2) is 72.8 Å². The van der Waals surface area contributed by atoms with Crippen LogP contribution in [0.25, 0.3) is 0 Å². The van der Waals surface area contributed by atoms with Crippen LogP contribution in [0.4, 0.5) is 9.59 Å². The van der Waals surface area contributed by atoms with Gasteiger partial charge in [-0.15, -0.1) is 0 Å². The Balaban J connectivity index is 1.25. The molecule has 4 rings (SSSR count). The van der Waals surface area contributed by atoms with Crippen molar-refractivity contribution >= 4 is 24.1 Å². The number of benzene rings is 2. The number of rotatable bonds is 14. The van der Waals surface area contributed by atoms with Crippen molar-refractivity contribution in [2.45, 2.75) is 101 Å². The maximum Gasteiger partial charge on any atom is 0.407 e. The van der Waals surface area contributed by atoms with Crippen LogP contribution in [-0.4, -0.2) is 61.6 Å². The summed E-state index contributed by atoms with van der Waals surface area (Å²) in [4.78, 5) is 50.2. The first kappa shape index (κ1) is 34.5. The Morgan fingerprint density at radius 1 is 0.587 bits per heavy atom. The maximum atomic E-state index is 12.6. The molecule has 46 heavy (non-hydrogen) atoms. The molecule has 2 saturated carbocycles. The van der Waals surface area contributed by atoms with Crippen LogP contribution < -0.4 is 10.6 Å². The number of nitrogens with one attached hydrogen (secondary N) is 2. The summed E-state index contributed by atoms with van der Waals surface area (Å²) in [6.07, 6.45) is 11.4. The molecular weight excluding hydrogens is 588 g/mol. The molecule has 10 nitrogen and oxygen atoms in total. The fraction of sp³-hybridized carbons (Fsp3) is 0.500. The minimum Gasteiger partial charge on any atom is -0.460 e. The van der Waals surface area contributed by atoms with E-state index in [1.54, 1.807) is 0 Å². The number of hydrogen-bond acceptors (Lipinski definition) is 8. The van der Waals surface area contributed by atoms with Gasteiger partial charge in [-0.1, -0.05) is 73.5 Å². The van der Waals surface area contributed by atoms with Crippen molar-refractivity contribution in [2.24, 2.45) is 0 Å². The highest BCUT2D eigenvalue weighted by Crippen LogP contribution is 2.21. The van der Waals surface area contributed by atoms with Gasteiger partial charge in [0.2, 0.25) is 0 Å². The zero-order valence-corrected chi connectivity index (χ0v) is 26.4. The van der Waals surface area contributed by atoms with Gasteiger partial charge in [-0.3, -0.25) is 0 Å². The van der Waals surface area contributed by atoms with Crippen molar-refractivity contribution in [1.82, 2.24) is 10.6 Å². The van der Waals surface area contributed by atoms with E-state index < -0.39 is 36.2 Å².